The van der Waals surface area contributed by atoms with Crippen LogP contribution in [0.1, 0.15) is 29.8 Å². The number of amides is 2. The predicted octanol–water partition coefficient (Wildman–Crippen LogP) is -0.00830. The molecule has 0 saturated heterocycles. The summed E-state index contributed by atoms with van der Waals surface area (Å²) in [5, 5.41) is 8.83. The van der Waals surface area contributed by atoms with Crippen LogP contribution in [0, 0.1) is 0 Å². The normalized spacial score (nSPS) is 11.8. The van der Waals surface area contributed by atoms with Crippen LogP contribution in [0.3, 0.4) is 0 Å². The molecule has 0 aliphatic carbocycles. The van der Waals surface area contributed by atoms with Crippen molar-refractivity contribution >= 4 is 17.8 Å². The summed E-state index contributed by atoms with van der Waals surface area (Å²) >= 11 is 0. The molecule has 1 rings (SSSR count). The van der Waals surface area contributed by atoms with Crippen molar-refractivity contribution in [3.05, 3.63) is 35.4 Å². The summed E-state index contributed by atoms with van der Waals surface area (Å²) < 4.78 is 5.35. The molecular formula is C17H27N5O3. The summed E-state index contributed by atoms with van der Waals surface area (Å²) in [7, 11) is 3.36. The summed E-state index contributed by atoms with van der Waals surface area (Å²) in [6, 6.07) is 7.05. The van der Waals surface area contributed by atoms with Gasteiger partial charge in [0.1, 0.15) is 0 Å². The van der Waals surface area contributed by atoms with Gasteiger partial charge < -0.3 is 26.4 Å². The number of ether oxygens (including phenoxy) is 1. The highest BCUT2D eigenvalue weighted by Gasteiger charge is 2.16. The highest BCUT2D eigenvalue weighted by molar-refractivity contribution is 5.96. The molecule has 2 amide bonds. The Labute approximate surface area is 148 Å². The van der Waals surface area contributed by atoms with Gasteiger partial charge >= 0.3 is 0 Å². The first-order valence-corrected chi connectivity index (χ1v) is 7.92. The topological polar surface area (TPSA) is 118 Å². The molecule has 0 heterocycles. The van der Waals surface area contributed by atoms with Gasteiger partial charge in [-0.25, -0.2) is 0 Å². The van der Waals surface area contributed by atoms with Crippen molar-refractivity contribution < 1.29 is 14.3 Å². The standard InChI is InChI=1S/C17H27N5O3/c1-17(2,25-4)11-22-16(19-3)21-9-12-5-7-13(8-6-12)15(24)20-10-14(18)23/h5-8H,9-11H2,1-4H3,(H2,18,23)(H,20,24)(H2,19,21,22). The third-order valence-corrected chi connectivity index (χ3v) is 3.56. The largest absolute Gasteiger partial charge is 0.377 e. The van der Waals surface area contributed by atoms with Crippen LogP contribution in [0.25, 0.3) is 0 Å². The van der Waals surface area contributed by atoms with E-state index < -0.39 is 5.91 Å². The molecule has 8 heteroatoms. The van der Waals surface area contributed by atoms with E-state index in [2.05, 4.69) is 20.9 Å². The molecule has 0 spiro atoms. The van der Waals surface area contributed by atoms with E-state index in [0.29, 0.717) is 24.6 Å². The number of hydrogen-bond donors (Lipinski definition) is 4. The smallest absolute Gasteiger partial charge is 0.251 e. The average molecular weight is 349 g/mol. The molecule has 8 nitrogen and oxygen atoms in total. The summed E-state index contributed by atoms with van der Waals surface area (Å²) in [4.78, 5) is 26.6. The number of benzene rings is 1. The number of rotatable bonds is 8. The summed E-state index contributed by atoms with van der Waals surface area (Å²) in [6.45, 7) is 4.95. The van der Waals surface area contributed by atoms with Crippen molar-refractivity contribution in [2.45, 2.75) is 26.0 Å². The molecule has 0 aliphatic rings. The number of carbonyl (C=O) groups excluding carboxylic acids is 2. The fourth-order valence-corrected chi connectivity index (χ4v) is 1.82. The minimum Gasteiger partial charge on any atom is -0.377 e. The van der Waals surface area contributed by atoms with E-state index in [1.54, 1.807) is 26.3 Å². The number of carbonyl (C=O) groups is 2. The number of nitrogens with zero attached hydrogens (tertiary/aromatic N) is 1. The number of hydrogen-bond acceptors (Lipinski definition) is 4. The van der Waals surface area contributed by atoms with Crippen molar-refractivity contribution in [2.75, 3.05) is 27.2 Å². The fraction of sp³-hybridized carbons (Fsp3) is 0.471. The van der Waals surface area contributed by atoms with E-state index in [9.17, 15) is 9.59 Å². The number of primary amides is 1. The van der Waals surface area contributed by atoms with Gasteiger partial charge in [0.05, 0.1) is 12.1 Å². The summed E-state index contributed by atoms with van der Waals surface area (Å²) in [5.41, 5.74) is 6.16. The molecule has 25 heavy (non-hydrogen) atoms. The zero-order valence-electron chi connectivity index (χ0n) is 15.2. The molecular weight excluding hydrogens is 322 g/mol. The van der Waals surface area contributed by atoms with E-state index >= 15 is 0 Å². The lowest BCUT2D eigenvalue weighted by molar-refractivity contribution is -0.117. The molecule has 0 fully saturated rings. The number of methoxy groups -OCH3 is 1. The monoisotopic (exact) mass is 349 g/mol. The van der Waals surface area contributed by atoms with E-state index in [1.165, 1.54) is 0 Å². The van der Waals surface area contributed by atoms with Crippen LogP contribution in [0.4, 0.5) is 0 Å². The zero-order valence-corrected chi connectivity index (χ0v) is 15.2. The average Bonchev–Trinajstić information content (AvgIpc) is 2.60. The van der Waals surface area contributed by atoms with E-state index in [-0.39, 0.29) is 18.1 Å². The second kappa shape index (κ2) is 9.63. The first-order chi connectivity index (χ1) is 11.8. The Balaban J connectivity index is 2.51. The zero-order chi connectivity index (χ0) is 18.9. The van der Waals surface area contributed by atoms with Gasteiger partial charge in [-0.15, -0.1) is 0 Å². The first-order valence-electron chi connectivity index (χ1n) is 7.92. The summed E-state index contributed by atoms with van der Waals surface area (Å²) in [6.07, 6.45) is 0. The Morgan fingerprint density at radius 3 is 2.32 bits per heavy atom. The van der Waals surface area contributed by atoms with Gasteiger partial charge in [0, 0.05) is 32.8 Å². The lowest BCUT2D eigenvalue weighted by Crippen LogP contribution is -2.45. The predicted molar refractivity (Wildman–Crippen MR) is 97.3 cm³/mol. The van der Waals surface area contributed by atoms with Crippen LogP contribution in [0.5, 0.6) is 0 Å². The molecule has 1 aromatic carbocycles. The maximum atomic E-state index is 11.8. The first kappa shape index (κ1) is 20.4. The lowest BCUT2D eigenvalue weighted by Gasteiger charge is -2.24. The van der Waals surface area contributed by atoms with Crippen molar-refractivity contribution in [1.29, 1.82) is 0 Å². The number of aliphatic imine (C=N–C) groups is 1. The molecule has 0 aromatic heterocycles. The maximum Gasteiger partial charge on any atom is 0.251 e. The molecule has 138 valence electrons. The van der Waals surface area contributed by atoms with Crippen LogP contribution in [-0.2, 0) is 16.1 Å². The molecule has 5 N–H and O–H groups in total. The Morgan fingerprint density at radius 1 is 1.16 bits per heavy atom. The van der Waals surface area contributed by atoms with Gasteiger partial charge in [0.15, 0.2) is 5.96 Å². The van der Waals surface area contributed by atoms with Crippen molar-refractivity contribution in [1.82, 2.24) is 16.0 Å². The lowest BCUT2D eigenvalue weighted by atomic mass is 10.1. The molecule has 0 unspecified atom stereocenters. The molecule has 0 aliphatic heterocycles. The number of guanidine groups is 1. The quantitative estimate of drug-likeness (QED) is 0.389. The van der Waals surface area contributed by atoms with E-state index in [0.717, 1.165) is 5.56 Å². The van der Waals surface area contributed by atoms with Gasteiger partial charge in [-0.1, -0.05) is 12.1 Å². The minimum atomic E-state index is -0.579. The van der Waals surface area contributed by atoms with Crippen LogP contribution < -0.4 is 21.7 Å². The van der Waals surface area contributed by atoms with E-state index in [1.807, 2.05) is 26.0 Å². The van der Waals surface area contributed by atoms with Crippen molar-refractivity contribution in [2.24, 2.45) is 10.7 Å². The van der Waals surface area contributed by atoms with Gasteiger partial charge in [-0.05, 0) is 31.5 Å². The number of nitrogens with one attached hydrogen (secondary N) is 3. The van der Waals surface area contributed by atoms with Crippen LogP contribution in [-0.4, -0.2) is 50.6 Å². The van der Waals surface area contributed by atoms with Gasteiger partial charge in [0.2, 0.25) is 5.91 Å². The summed E-state index contributed by atoms with van der Waals surface area (Å²) in [5.74, 6) is -0.254. The Kier molecular flexibility index (Phi) is 7.87. The van der Waals surface area contributed by atoms with Gasteiger partial charge in [0.25, 0.3) is 5.91 Å². The SMILES string of the molecule is CN=C(NCc1ccc(C(=O)NCC(N)=O)cc1)NCC(C)(C)OC. The highest BCUT2D eigenvalue weighted by atomic mass is 16.5. The molecule has 1 aromatic rings. The van der Waals surface area contributed by atoms with Crippen LogP contribution in [0.2, 0.25) is 0 Å². The maximum absolute atomic E-state index is 11.8. The second-order valence-corrected chi connectivity index (χ2v) is 6.09. The molecule has 0 saturated carbocycles. The van der Waals surface area contributed by atoms with E-state index in [4.69, 9.17) is 10.5 Å². The van der Waals surface area contributed by atoms with Crippen molar-refractivity contribution in [3.8, 4) is 0 Å². The fourth-order valence-electron chi connectivity index (χ4n) is 1.82. The molecule has 0 bridgehead atoms. The second-order valence-electron chi connectivity index (χ2n) is 6.09. The molecule has 0 radical (unpaired) electrons. The highest BCUT2D eigenvalue weighted by Crippen LogP contribution is 2.06. The van der Waals surface area contributed by atoms with Crippen LogP contribution in [0.15, 0.2) is 29.3 Å². The third-order valence-electron chi connectivity index (χ3n) is 3.56. The minimum absolute atomic E-state index is 0.179. The molecule has 0 atom stereocenters. The third kappa shape index (κ3) is 7.67. The van der Waals surface area contributed by atoms with Gasteiger partial charge in [-0.2, -0.15) is 0 Å². The Hall–Kier alpha value is -2.61. The van der Waals surface area contributed by atoms with Crippen LogP contribution >= 0.6 is 0 Å². The van der Waals surface area contributed by atoms with Gasteiger partial charge in [-0.3, -0.25) is 14.6 Å². The van der Waals surface area contributed by atoms with Crippen molar-refractivity contribution in [3.63, 3.8) is 0 Å². The Bertz CT molecular complexity index is 611. The number of nitrogens with two attached hydrogens (primary N) is 1. The Morgan fingerprint density at radius 2 is 1.80 bits per heavy atom.